The summed E-state index contributed by atoms with van der Waals surface area (Å²) in [5.41, 5.74) is 11.2. The predicted molar refractivity (Wildman–Crippen MR) is 156 cm³/mol. The van der Waals surface area contributed by atoms with Gasteiger partial charge in [-0.15, -0.1) is 0 Å². The summed E-state index contributed by atoms with van der Waals surface area (Å²) in [4.78, 5) is 10.2. The smallest absolute Gasteiger partial charge is 0.220 e. The number of aromatic nitrogens is 6. The molecule has 3 aromatic carbocycles. The lowest BCUT2D eigenvalue weighted by molar-refractivity contribution is 0.917. The van der Waals surface area contributed by atoms with Gasteiger partial charge in [0, 0.05) is 5.70 Å². The second-order valence-electron chi connectivity index (χ2n) is 9.80. The molecular formula is C32H26N6. The normalized spacial score (nSPS) is 14.3. The Bertz CT molecular complexity index is 2150. The SMILES string of the molecule is C/C=C\C(=C/C)n1c2ccc(-n3c4c(n5c6ccccc6nc35)CCC=C4)cc2n2c3ccccc3nc12. The molecule has 0 atom stereocenters. The van der Waals surface area contributed by atoms with Crippen molar-refractivity contribution < 1.29 is 0 Å². The Balaban J connectivity index is 1.50. The fourth-order valence-corrected chi connectivity index (χ4v) is 6.11. The first kappa shape index (κ1) is 21.3. The summed E-state index contributed by atoms with van der Waals surface area (Å²) >= 11 is 0. The maximum Gasteiger partial charge on any atom is 0.220 e. The number of allylic oxidation sites excluding steroid dienone is 5. The Morgan fingerprint density at radius 2 is 1.53 bits per heavy atom. The summed E-state index contributed by atoms with van der Waals surface area (Å²) in [7, 11) is 0. The highest BCUT2D eigenvalue weighted by Crippen LogP contribution is 2.34. The molecule has 1 aliphatic carbocycles. The Kier molecular flexibility index (Phi) is 4.38. The molecule has 0 amide bonds. The van der Waals surface area contributed by atoms with Gasteiger partial charge in [0.15, 0.2) is 0 Å². The van der Waals surface area contributed by atoms with Crippen LogP contribution in [0.15, 0.2) is 91.0 Å². The molecule has 0 fully saturated rings. The molecule has 0 N–H and O–H groups in total. The molecule has 38 heavy (non-hydrogen) atoms. The number of fused-ring (bicyclic) bond motifs is 10. The van der Waals surface area contributed by atoms with Crippen LogP contribution >= 0.6 is 0 Å². The van der Waals surface area contributed by atoms with Gasteiger partial charge >= 0.3 is 0 Å². The van der Waals surface area contributed by atoms with Gasteiger partial charge < -0.3 is 0 Å². The minimum atomic E-state index is 0.913. The quantitative estimate of drug-likeness (QED) is 0.240. The van der Waals surface area contributed by atoms with Gasteiger partial charge in [0.2, 0.25) is 11.6 Å². The fraction of sp³-hybridized carbons (Fsp3) is 0.125. The van der Waals surface area contributed by atoms with Gasteiger partial charge in [-0.25, -0.2) is 9.97 Å². The van der Waals surface area contributed by atoms with Crippen molar-refractivity contribution in [1.29, 1.82) is 0 Å². The van der Waals surface area contributed by atoms with Crippen molar-refractivity contribution in [3.63, 3.8) is 0 Å². The van der Waals surface area contributed by atoms with E-state index in [0.29, 0.717) is 0 Å². The van der Waals surface area contributed by atoms with Gasteiger partial charge in [-0.1, -0.05) is 42.5 Å². The van der Waals surface area contributed by atoms with Gasteiger partial charge in [-0.2, -0.15) is 0 Å². The van der Waals surface area contributed by atoms with Crippen molar-refractivity contribution in [3.8, 4) is 5.69 Å². The van der Waals surface area contributed by atoms with Gasteiger partial charge in [-0.3, -0.25) is 17.9 Å². The number of rotatable bonds is 3. The first-order valence-corrected chi connectivity index (χ1v) is 13.2. The molecular weight excluding hydrogens is 468 g/mol. The lowest BCUT2D eigenvalue weighted by atomic mass is 10.1. The number of hydrogen-bond donors (Lipinski definition) is 0. The summed E-state index contributed by atoms with van der Waals surface area (Å²) in [5.74, 6) is 1.87. The van der Waals surface area contributed by atoms with Crippen molar-refractivity contribution in [2.75, 3.05) is 0 Å². The van der Waals surface area contributed by atoms with Crippen molar-refractivity contribution in [2.45, 2.75) is 26.7 Å². The predicted octanol–water partition coefficient (Wildman–Crippen LogP) is 7.43. The molecule has 0 aliphatic heterocycles. The monoisotopic (exact) mass is 494 g/mol. The van der Waals surface area contributed by atoms with Crippen molar-refractivity contribution in [2.24, 2.45) is 0 Å². The van der Waals surface area contributed by atoms with Crippen LogP contribution in [0.4, 0.5) is 0 Å². The lowest BCUT2D eigenvalue weighted by Gasteiger charge is -2.11. The van der Waals surface area contributed by atoms with E-state index in [2.05, 4.69) is 123 Å². The van der Waals surface area contributed by atoms with Crippen LogP contribution in [0.1, 0.15) is 31.7 Å². The highest BCUT2D eigenvalue weighted by atomic mass is 15.2. The van der Waals surface area contributed by atoms with Crippen LogP contribution in [0.3, 0.4) is 0 Å². The molecule has 0 unspecified atom stereocenters. The largest absolute Gasteiger partial charge is 0.280 e. The van der Waals surface area contributed by atoms with E-state index in [4.69, 9.17) is 9.97 Å². The third-order valence-corrected chi connectivity index (χ3v) is 7.71. The highest BCUT2D eigenvalue weighted by Gasteiger charge is 2.24. The van der Waals surface area contributed by atoms with Gasteiger partial charge in [0.25, 0.3) is 0 Å². The van der Waals surface area contributed by atoms with Crippen LogP contribution in [0.2, 0.25) is 0 Å². The maximum absolute atomic E-state index is 5.10. The molecule has 4 heterocycles. The van der Waals surface area contributed by atoms with Crippen LogP contribution in [-0.2, 0) is 6.42 Å². The Labute approximate surface area is 219 Å². The van der Waals surface area contributed by atoms with Gasteiger partial charge in [0.1, 0.15) is 0 Å². The van der Waals surface area contributed by atoms with E-state index in [1.165, 1.54) is 11.4 Å². The van der Waals surface area contributed by atoms with E-state index in [0.717, 1.165) is 68.9 Å². The standard InChI is InChI=1S/C32H26N6/c1-3-11-21(4-2)35-29-19-18-22(20-30(29)38-26-15-8-6-13-24(26)33-31(35)38)36-27-16-9-10-17-28(27)37-25-14-7-5-12-23(25)34-32(36)37/h3-9,11-16,18-20H,10,17H2,1-2H3/b11-3-,21-4+. The molecule has 0 bridgehead atoms. The molecule has 0 saturated heterocycles. The van der Waals surface area contributed by atoms with Crippen LogP contribution < -0.4 is 0 Å². The van der Waals surface area contributed by atoms with E-state index in [1.807, 2.05) is 6.07 Å². The summed E-state index contributed by atoms with van der Waals surface area (Å²) < 4.78 is 9.20. The van der Waals surface area contributed by atoms with Crippen molar-refractivity contribution in [3.05, 3.63) is 102 Å². The average molecular weight is 495 g/mol. The number of benzene rings is 3. The molecule has 6 nitrogen and oxygen atoms in total. The van der Waals surface area contributed by atoms with Crippen LogP contribution in [0, 0.1) is 0 Å². The topological polar surface area (TPSA) is 44.5 Å². The Morgan fingerprint density at radius 3 is 2.29 bits per heavy atom. The summed E-state index contributed by atoms with van der Waals surface area (Å²) in [5, 5.41) is 0. The molecule has 0 spiro atoms. The zero-order valence-corrected chi connectivity index (χ0v) is 21.3. The molecule has 8 rings (SSSR count). The maximum atomic E-state index is 5.10. The van der Waals surface area contributed by atoms with Crippen molar-refractivity contribution in [1.82, 2.24) is 27.9 Å². The minimum absolute atomic E-state index is 0.913. The molecule has 0 radical (unpaired) electrons. The lowest BCUT2D eigenvalue weighted by Crippen LogP contribution is -2.02. The third kappa shape index (κ3) is 2.72. The minimum Gasteiger partial charge on any atom is -0.280 e. The van der Waals surface area contributed by atoms with E-state index in [9.17, 15) is 0 Å². The number of hydrogen-bond acceptors (Lipinski definition) is 2. The summed E-state index contributed by atoms with van der Waals surface area (Å²) in [6.45, 7) is 4.13. The van der Waals surface area contributed by atoms with Gasteiger partial charge in [0.05, 0.1) is 50.2 Å². The van der Waals surface area contributed by atoms with Gasteiger partial charge in [-0.05, 0) is 81.3 Å². The van der Waals surface area contributed by atoms with Crippen LogP contribution in [0.5, 0.6) is 0 Å². The Morgan fingerprint density at radius 1 is 0.789 bits per heavy atom. The zero-order valence-electron chi connectivity index (χ0n) is 21.3. The second kappa shape index (κ2) is 7.83. The Hall–Kier alpha value is -4.84. The van der Waals surface area contributed by atoms with E-state index in [-0.39, 0.29) is 0 Å². The van der Waals surface area contributed by atoms with E-state index < -0.39 is 0 Å². The summed E-state index contributed by atoms with van der Waals surface area (Å²) in [6, 6.07) is 23.5. The molecule has 6 heteroatoms. The number of aryl methyl sites for hydroxylation is 1. The zero-order chi connectivity index (χ0) is 25.4. The molecule has 1 aliphatic rings. The van der Waals surface area contributed by atoms with Crippen LogP contribution in [-0.4, -0.2) is 27.9 Å². The van der Waals surface area contributed by atoms with Crippen LogP contribution in [0.25, 0.3) is 62.1 Å². The fourth-order valence-electron chi connectivity index (χ4n) is 6.11. The average Bonchev–Trinajstić information content (AvgIpc) is 3.67. The second-order valence-corrected chi connectivity index (χ2v) is 9.80. The third-order valence-electron chi connectivity index (χ3n) is 7.71. The van der Waals surface area contributed by atoms with E-state index in [1.54, 1.807) is 0 Å². The molecule has 4 aromatic heterocycles. The molecule has 184 valence electrons. The van der Waals surface area contributed by atoms with E-state index >= 15 is 0 Å². The first-order chi connectivity index (χ1) is 18.8. The number of nitrogens with zero attached hydrogens (tertiary/aromatic N) is 6. The molecule has 7 aromatic rings. The number of para-hydroxylation sites is 4. The molecule has 0 saturated carbocycles. The highest BCUT2D eigenvalue weighted by molar-refractivity contribution is 5.95. The number of imidazole rings is 4. The summed E-state index contributed by atoms with van der Waals surface area (Å²) in [6.07, 6.45) is 12.9. The van der Waals surface area contributed by atoms with Crippen molar-refractivity contribution >= 4 is 56.4 Å². The first-order valence-electron chi connectivity index (χ1n) is 13.2.